The Labute approximate surface area is 132 Å². The van der Waals surface area contributed by atoms with Crippen LogP contribution in [0, 0.1) is 17.8 Å². The average molecular weight is 308 g/mol. The third kappa shape index (κ3) is 3.12. The van der Waals surface area contributed by atoms with Gasteiger partial charge in [0.25, 0.3) is 0 Å². The summed E-state index contributed by atoms with van der Waals surface area (Å²) in [4.78, 5) is 12.4. The molecule has 5 rings (SSSR count). The first-order valence-electron chi connectivity index (χ1n) is 8.84. The molecule has 1 aliphatic heterocycles. The quantitative estimate of drug-likeness (QED) is 0.838. The molecule has 0 atom stereocenters. The smallest absolute Gasteiger partial charge is 0.230 e. The molecule has 5 fully saturated rings. The average Bonchev–Trinajstić information content (AvgIpc) is 2.44. The Balaban J connectivity index is 1.30. The van der Waals surface area contributed by atoms with Gasteiger partial charge in [0.1, 0.15) is 0 Å². The van der Waals surface area contributed by atoms with Gasteiger partial charge >= 0.3 is 0 Å². The van der Waals surface area contributed by atoms with E-state index in [9.17, 15) is 4.79 Å². The lowest BCUT2D eigenvalue weighted by Crippen LogP contribution is -2.60. The molecule has 1 saturated heterocycles. The van der Waals surface area contributed by atoms with Crippen LogP contribution in [0.2, 0.25) is 0 Å². The van der Waals surface area contributed by atoms with Gasteiger partial charge in [-0.3, -0.25) is 4.79 Å². The molecule has 4 saturated carbocycles. The van der Waals surface area contributed by atoms with Gasteiger partial charge in [-0.1, -0.05) is 0 Å². The van der Waals surface area contributed by atoms with Crippen LogP contribution in [0.3, 0.4) is 0 Å². The number of piperidine rings is 1. The minimum atomic E-state index is 0.195. The van der Waals surface area contributed by atoms with Crippen molar-refractivity contribution >= 4 is 17.7 Å². The van der Waals surface area contributed by atoms with E-state index in [1.165, 1.54) is 51.4 Å². The molecule has 5 aliphatic rings. The molecule has 3 nitrogen and oxygen atoms in total. The lowest BCUT2D eigenvalue weighted by molar-refractivity contribution is -0.124. The van der Waals surface area contributed by atoms with Crippen LogP contribution in [-0.4, -0.2) is 35.5 Å². The molecule has 0 unspecified atom stereocenters. The van der Waals surface area contributed by atoms with Crippen molar-refractivity contribution in [2.75, 3.05) is 18.8 Å². The van der Waals surface area contributed by atoms with Gasteiger partial charge in [0.2, 0.25) is 5.91 Å². The predicted octanol–water partition coefficient (Wildman–Crippen LogP) is 2.56. The molecular formula is C17H28N2OS. The number of rotatable bonds is 4. The summed E-state index contributed by atoms with van der Waals surface area (Å²) in [5, 5.41) is 7.57. The molecule has 21 heavy (non-hydrogen) atoms. The first kappa shape index (κ1) is 14.4. The Morgan fingerprint density at radius 3 is 2.19 bits per heavy atom. The first-order chi connectivity index (χ1) is 10.2. The van der Waals surface area contributed by atoms with Gasteiger partial charge in [-0.25, -0.2) is 0 Å². The minimum absolute atomic E-state index is 0.195. The predicted molar refractivity (Wildman–Crippen MR) is 87.4 cm³/mol. The monoisotopic (exact) mass is 308 g/mol. The van der Waals surface area contributed by atoms with Crippen molar-refractivity contribution in [3.05, 3.63) is 0 Å². The van der Waals surface area contributed by atoms with Crippen LogP contribution in [0.5, 0.6) is 0 Å². The highest BCUT2D eigenvalue weighted by Gasteiger charge is 2.51. The van der Waals surface area contributed by atoms with Crippen LogP contribution in [0.15, 0.2) is 0 Å². The van der Waals surface area contributed by atoms with Crippen molar-refractivity contribution < 1.29 is 4.79 Å². The third-order valence-electron chi connectivity index (χ3n) is 6.18. The summed E-state index contributed by atoms with van der Waals surface area (Å²) in [7, 11) is 0. The summed E-state index contributed by atoms with van der Waals surface area (Å²) in [6.45, 7) is 2.24. The van der Waals surface area contributed by atoms with Crippen LogP contribution in [0.1, 0.15) is 51.4 Å². The first-order valence-corrected chi connectivity index (χ1v) is 9.89. The Morgan fingerprint density at radius 2 is 1.62 bits per heavy atom. The van der Waals surface area contributed by atoms with E-state index in [1.54, 1.807) is 0 Å². The number of hydrogen-bond acceptors (Lipinski definition) is 3. The normalized spacial score (nSPS) is 42.2. The third-order valence-corrected chi connectivity index (χ3v) is 7.55. The second kappa shape index (κ2) is 5.77. The molecule has 1 heterocycles. The fourth-order valence-electron chi connectivity index (χ4n) is 5.75. The number of nitrogens with one attached hydrogen (secondary N) is 2. The van der Waals surface area contributed by atoms with Crippen molar-refractivity contribution in [3.8, 4) is 0 Å². The van der Waals surface area contributed by atoms with Gasteiger partial charge in [-0.05, 0) is 82.2 Å². The van der Waals surface area contributed by atoms with Crippen molar-refractivity contribution in [2.24, 2.45) is 17.8 Å². The fourth-order valence-corrected chi connectivity index (χ4v) is 6.78. The van der Waals surface area contributed by atoms with E-state index in [0.29, 0.717) is 16.9 Å². The van der Waals surface area contributed by atoms with Crippen molar-refractivity contribution in [3.63, 3.8) is 0 Å². The van der Waals surface area contributed by atoms with Crippen LogP contribution >= 0.6 is 11.8 Å². The maximum absolute atomic E-state index is 12.4. The van der Waals surface area contributed by atoms with Gasteiger partial charge in [0, 0.05) is 10.8 Å². The van der Waals surface area contributed by atoms with Crippen molar-refractivity contribution in [1.82, 2.24) is 10.6 Å². The number of thioether (sulfide) groups is 1. The molecular weight excluding hydrogens is 280 g/mol. The minimum Gasteiger partial charge on any atom is -0.350 e. The van der Waals surface area contributed by atoms with Crippen molar-refractivity contribution in [1.29, 1.82) is 0 Å². The summed E-state index contributed by atoms with van der Waals surface area (Å²) in [6.07, 6.45) is 10.6. The summed E-state index contributed by atoms with van der Waals surface area (Å²) in [6, 6.07) is 0. The highest BCUT2D eigenvalue weighted by molar-refractivity contribution is 8.00. The maximum atomic E-state index is 12.4. The molecule has 4 aliphatic carbocycles. The zero-order valence-corrected chi connectivity index (χ0v) is 13.7. The Hall–Kier alpha value is -0.220. The van der Waals surface area contributed by atoms with Gasteiger partial charge in [-0.15, -0.1) is 11.8 Å². The van der Waals surface area contributed by atoms with Gasteiger partial charge in [-0.2, -0.15) is 0 Å². The number of hydrogen-bond donors (Lipinski definition) is 2. The molecule has 1 amide bonds. The molecule has 0 radical (unpaired) electrons. The molecule has 4 bridgehead atoms. The number of carbonyl (C=O) groups is 1. The van der Waals surface area contributed by atoms with Gasteiger partial charge in [0.15, 0.2) is 0 Å². The van der Waals surface area contributed by atoms with E-state index in [2.05, 4.69) is 10.6 Å². The van der Waals surface area contributed by atoms with Gasteiger partial charge < -0.3 is 10.6 Å². The molecule has 118 valence electrons. The standard InChI is InChI=1S/C17H28N2OS/c20-16(11-21-15-1-3-18-4-2-15)19-17-8-12-5-13(9-17)7-14(6-12)10-17/h12-15,18H,1-11H2,(H,19,20). The molecule has 0 aromatic heterocycles. The summed E-state index contributed by atoms with van der Waals surface area (Å²) >= 11 is 1.88. The number of amides is 1. The summed E-state index contributed by atoms with van der Waals surface area (Å²) in [5.74, 6) is 3.71. The molecule has 0 spiro atoms. The second-order valence-corrected chi connectivity index (χ2v) is 9.30. The number of carbonyl (C=O) groups excluding carboxylic acids is 1. The van der Waals surface area contributed by atoms with E-state index in [4.69, 9.17) is 0 Å². The maximum Gasteiger partial charge on any atom is 0.230 e. The van der Waals surface area contributed by atoms with Crippen LogP contribution < -0.4 is 10.6 Å². The zero-order valence-electron chi connectivity index (χ0n) is 12.9. The molecule has 0 aromatic carbocycles. The summed E-state index contributed by atoms with van der Waals surface area (Å²) < 4.78 is 0. The van der Waals surface area contributed by atoms with Gasteiger partial charge in [0.05, 0.1) is 5.75 Å². The lowest BCUT2D eigenvalue weighted by Gasteiger charge is -2.56. The zero-order chi connectivity index (χ0) is 14.3. The lowest BCUT2D eigenvalue weighted by atomic mass is 9.53. The molecule has 2 N–H and O–H groups in total. The van der Waals surface area contributed by atoms with E-state index in [1.807, 2.05) is 11.8 Å². The Kier molecular flexibility index (Phi) is 3.95. The molecule has 4 heteroatoms. The largest absolute Gasteiger partial charge is 0.350 e. The fraction of sp³-hybridized carbons (Fsp3) is 0.941. The summed E-state index contributed by atoms with van der Waals surface area (Å²) in [5.41, 5.74) is 0.195. The molecule has 0 aromatic rings. The second-order valence-electron chi connectivity index (χ2n) is 8.01. The highest BCUT2D eigenvalue weighted by atomic mass is 32.2. The Bertz CT molecular complexity index is 370. The SMILES string of the molecule is O=C(CSC1CCNCC1)NC12CC3CC(CC(C3)C1)C2. The van der Waals surface area contributed by atoms with Crippen LogP contribution in [-0.2, 0) is 4.79 Å². The van der Waals surface area contributed by atoms with E-state index in [0.717, 1.165) is 30.8 Å². The topological polar surface area (TPSA) is 41.1 Å². The van der Waals surface area contributed by atoms with E-state index < -0.39 is 0 Å². The van der Waals surface area contributed by atoms with Crippen LogP contribution in [0.4, 0.5) is 0 Å². The Morgan fingerprint density at radius 1 is 1.05 bits per heavy atom. The highest BCUT2D eigenvalue weighted by Crippen LogP contribution is 2.55. The van der Waals surface area contributed by atoms with E-state index in [-0.39, 0.29) is 5.54 Å². The van der Waals surface area contributed by atoms with E-state index >= 15 is 0 Å². The van der Waals surface area contributed by atoms with Crippen molar-refractivity contribution in [2.45, 2.75) is 62.2 Å². The van der Waals surface area contributed by atoms with Crippen LogP contribution in [0.25, 0.3) is 0 Å².